The van der Waals surface area contributed by atoms with Gasteiger partial charge in [0.2, 0.25) is 0 Å². The van der Waals surface area contributed by atoms with Gasteiger partial charge in [-0.3, -0.25) is 0 Å². The fraction of sp³-hybridized carbons (Fsp3) is 0.0357. The number of anilines is 6. The Labute approximate surface area is 391 Å². The Kier molecular flexibility index (Phi) is 10.9. The van der Waals surface area contributed by atoms with Crippen LogP contribution in [0.2, 0.25) is 0 Å². The first-order valence-electron chi connectivity index (χ1n) is 21.1. The predicted octanol–water partition coefficient (Wildman–Crippen LogP) is 17.9. The lowest BCUT2D eigenvalue weighted by atomic mass is 9.91. The molecule has 0 atom stereocenters. The normalized spacial score (nSPS) is 11.8. The van der Waals surface area contributed by atoms with Gasteiger partial charge < -0.3 is 9.80 Å². The molecule has 10 aromatic carbocycles. The first-order chi connectivity index (χ1) is 33.5. The average Bonchev–Trinajstić information content (AvgIpc) is 3.35. The van der Waals surface area contributed by atoms with Crippen LogP contribution in [-0.4, -0.2) is 0 Å². The number of rotatable bonds is 8. The zero-order chi connectivity index (χ0) is 49.2. The highest BCUT2D eigenvalue weighted by atomic mass is 19.4. The minimum absolute atomic E-state index is 0.161. The SMILES string of the molecule is [C-]#[N+]c1ccc(N(c2cc(-c3cccc(C(F)(F)F)c3)c(F)cc2F)c2ccc3ccc4c(N(c5ccc(C#N)cc5)c5cc(-c6cccc(C(F)(F)F)c6)c(F)cc5F)ccc5ccc2c3c54)cc1. The van der Waals surface area contributed by atoms with Crippen LogP contribution in [0.5, 0.6) is 0 Å². The van der Waals surface area contributed by atoms with Crippen molar-refractivity contribution in [1.82, 2.24) is 0 Å². The smallest absolute Gasteiger partial charge is 0.307 e. The molecule has 342 valence electrons. The average molecular weight is 947 g/mol. The summed E-state index contributed by atoms with van der Waals surface area (Å²) in [6, 6.07) is 39.7. The third-order valence-electron chi connectivity index (χ3n) is 12.1. The van der Waals surface area contributed by atoms with Gasteiger partial charge in [-0.05, 0) is 118 Å². The third kappa shape index (κ3) is 7.89. The van der Waals surface area contributed by atoms with E-state index in [4.69, 9.17) is 6.57 Å². The molecule has 0 radical (unpaired) electrons. The predicted molar refractivity (Wildman–Crippen MR) is 251 cm³/mol. The van der Waals surface area contributed by atoms with Crippen molar-refractivity contribution < 1.29 is 43.9 Å². The number of nitriles is 1. The third-order valence-corrected chi connectivity index (χ3v) is 12.1. The zero-order valence-electron chi connectivity index (χ0n) is 35.7. The molecule has 14 heteroatoms. The molecule has 0 fully saturated rings. The highest BCUT2D eigenvalue weighted by Crippen LogP contribution is 2.50. The lowest BCUT2D eigenvalue weighted by Gasteiger charge is -2.30. The number of alkyl halides is 6. The van der Waals surface area contributed by atoms with Crippen molar-refractivity contribution in [3.8, 4) is 28.3 Å². The molecule has 70 heavy (non-hydrogen) atoms. The molecular weight excluding hydrogens is 919 g/mol. The molecule has 0 unspecified atom stereocenters. The largest absolute Gasteiger partial charge is 0.416 e. The van der Waals surface area contributed by atoms with Crippen LogP contribution in [0.4, 0.5) is 83.7 Å². The molecule has 0 N–H and O–H groups in total. The first kappa shape index (κ1) is 44.9. The van der Waals surface area contributed by atoms with E-state index in [9.17, 15) is 31.6 Å². The molecular formula is C56H28F10N4. The minimum atomic E-state index is -4.76. The zero-order valence-corrected chi connectivity index (χ0v) is 35.7. The van der Waals surface area contributed by atoms with Crippen LogP contribution in [0.1, 0.15) is 16.7 Å². The van der Waals surface area contributed by atoms with Crippen LogP contribution in [0.25, 0.3) is 59.4 Å². The molecule has 0 aliphatic rings. The maximum absolute atomic E-state index is 16.5. The fourth-order valence-corrected chi connectivity index (χ4v) is 8.92. The monoisotopic (exact) mass is 946 g/mol. The van der Waals surface area contributed by atoms with Gasteiger partial charge in [-0.15, -0.1) is 0 Å². The van der Waals surface area contributed by atoms with Gasteiger partial charge in [-0.2, -0.15) is 31.6 Å². The molecule has 0 heterocycles. The molecule has 10 rings (SSSR count). The highest BCUT2D eigenvalue weighted by molar-refractivity contribution is 6.28. The molecule has 0 bridgehead atoms. The van der Waals surface area contributed by atoms with Gasteiger partial charge in [0.05, 0.1) is 52.1 Å². The van der Waals surface area contributed by atoms with Crippen LogP contribution in [-0.2, 0) is 12.4 Å². The molecule has 0 aromatic heterocycles. The Hall–Kier alpha value is -8.88. The summed E-state index contributed by atoms with van der Waals surface area (Å²) in [5.41, 5.74) is -1.74. The van der Waals surface area contributed by atoms with Crippen molar-refractivity contribution in [1.29, 1.82) is 5.26 Å². The van der Waals surface area contributed by atoms with Gasteiger partial charge in [-0.1, -0.05) is 72.8 Å². The fourth-order valence-electron chi connectivity index (χ4n) is 8.92. The Morgan fingerprint density at radius 1 is 0.443 bits per heavy atom. The van der Waals surface area contributed by atoms with Crippen LogP contribution < -0.4 is 9.80 Å². The number of benzene rings is 10. The number of halogens is 10. The molecule has 0 spiro atoms. The number of hydrogen-bond donors (Lipinski definition) is 0. The Morgan fingerprint density at radius 2 is 0.857 bits per heavy atom. The summed E-state index contributed by atoms with van der Waals surface area (Å²) in [5.74, 6) is -4.34. The van der Waals surface area contributed by atoms with Crippen LogP contribution in [0.3, 0.4) is 0 Å². The van der Waals surface area contributed by atoms with Gasteiger partial charge in [0.1, 0.15) is 23.3 Å². The maximum Gasteiger partial charge on any atom is 0.416 e. The summed E-state index contributed by atoms with van der Waals surface area (Å²) in [5, 5.41) is 13.3. The summed E-state index contributed by atoms with van der Waals surface area (Å²) in [4.78, 5) is 6.40. The molecule has 0 amide bonds. The second-order valence-electron chi connectivity index (χ2n) is 16.3. The van der Waals surface area contributed by atoms with Crippen molar-refractivity contribution in [2.24, 2.45) is 0 Å². The van der Waals surface area contributed by atoms with E-state index in [1.165, 1.54) is 46.2 Å². The van der Waals surface area contributed by atoms with Gasteiger partial charge in [0, 0.05) is 45.4 Å². The number of hydrogen-bond acceptors (Lipinski definition) is 3. The molecule has 4 nitrogen and oxygen atoms in total. The summed E-state index contributed by atoms with van der Waals surface area (Å²) in [7, 11) is 0. The van der Waals surface area contributed by atoms with E-state index in [0.717, 1.165) is 48.5 Å². The topological polar surface area (TPSA) is 34.6 Å². The molecule has 10 aromatic rings. The second-order valence-corrected chi connectivity index (χ2v) is 16.3. The molecule has 0 saturated heterocycles. The maximum atomic E-state index is 16.5. The molecule has 0 aliphatic carbocycles. The molecule has 0 saturated carbocycles. The summed E-state index contributed by atoms with van der Waals surface area (Å²) in [6.07, 6.45) is -9.51. The lowest BCUT2D eigenvalue weighted by Crippen LogP contribution is -2.14. The van der Waals surface area contributed by atoms with Crippen LogP contribution in [0, 0.1) is 41.2 Å². The van der Waals surface area contributed by atoms with Crippen molar-refractivity contribution in [2.45, 2.75) is 12.4 Å². The Balaban J connectivity index is 1.21. The Morgan fingerprint density at radius 3 is 1.26 bits per heavy atom. The minimum Gasteiger partial charge on any atom is -0.307 e. The van der Waals surface area contributed by atoms with E-state index >= 15 is 17.6 Å². The van der Waals surface area contributed by atoms with Crippen LogP contribution in [0.15, 0.2) is 170 Å². The second kappa shape index (κ2) is 17.0. The van der Waals surface area contributed by atoms with Gasteiger partial charge in [0.15, 0.2) is 5.69 Å². The van der Waals surface area contributed by atoms with E-state index in [-0.39, 0.29) is 44.9 Å². The number of nitrogens with zero attached hydrogens (tertiary/aromatic N) is 4. The molecule has 0 aliphatic heterocycles. The van der Waals surface area contributed by atoms with Gasteiger partial charge in [0.25, 0.3) is 0 Å². The highest BCUT2D eigenvalue weighted by Gasteiger charge is 2.33. The van der Waals surface area contributed by atoms with E-state index < -0.39 is 46.7 Å². The van der Waals surface area contributed by atoms with E-state index in [0.29, 0.717) is 67.2 Å². The van der Waals surface area contributed by atoms with Crippen molar-refractivity contribution >= 4 is 72.1 Å². The summed E-state index contributed by atoms with van der Waals surface area (Å²) in [6.45, 7) is 7.53. The Bertz CT molecular complexity index is 3530. The van der Waals surface area contributed by atoms with Crippen molar-refractivity contribution in [3.05, 3.63) is 221 Å². The van der Waals surface area contributed by atoms with E-state index in [1.54, 1.807) is 72.8 Å². The van der Waals surface area contributed by atoms with Crippen LogP contribution >= 0.6 is 0 Å². The van der Waals surface area contributed by atoms with Gasteiger partial charge >= 0.3 is 12.4 Å². The summed E-state index contributed by atoms with van der Waals surface area (Å²) >= 11 is 0. The van der Waals surface area contributed by atoms with Gasteiger partial charge in [-0.25, -0.2) is 22.4 Å². The van der Waals surface area contributed by atoms with Crippen molar-refractivity contribution in [3.63, 3.8) is 0 Å². The lowest BCUT2D eigenvalue weighted by molar-refractivity contribution is -0.138. The first-order valence-corrected chi connectivity index (χ1v) is 21.1. The van der Waals surface area contributed by atoms with Crippen molar-refractivity contribution in [2.75, 3.05) is 9.80 Å². The van der Waals surface area contributed by atoms with E-state index in [1.807, 2.05) is 6.07 Å². The summed E-state index contributed by atoms with van der Waals surface area (Å²) < 4.78 is 148. The standard InChI is InChI=1S/C56H28F10N4/c1-68-38-14-18-40(19-15-38)70(52-27-44(46(58)29-48(52)60)35-5-3-7-37(25-35)56(64,65)66)50-23-13-33-10-20-41-49(22-12-32-11-21-42(50)54(33)53(32)41)69(39-16-8-31(30-67)9-17-39)51-26-43(45(57)28-47(51)59)34-4-2-6-36(24-34)55(61,62)63/h2-29H. The van der Waals surface area contributed by atoms with E-state index in [2.05, 4.69) is 4.85 Å². The quantitative estimate of drug-likeness (QED) is 0.0865.